The van der Waals surface area contributed by atoms with Gasteiger partial charge in [0.15, 0.2) is 0 Å². The molecule has 0 radical (unpaired) electrons. The first-order valence-electron chi connectivity index (χ1n) is 9.46. The zero-order valence-electron chi connectivity index (χ0n) is 15.4. The summed E-state index contributed by atoms with van der Waals surface area (Å²) in [6.07, 6.45) is 7.05. The number of nitriles is 1. The number of nitrogens with one attached hydrogen (secondary N) is 1. The van der Waals surface area contributed by atoms with Gasteiger partial charge < -0.3 is 4.90 Å². The average molecular weight is 343 g/mol. The Morgan fingerprint density at radius 2 is 2.20 bits per heavy atom. The Balaban J connectivity index is 1.61. The number of H-pyrrole nitrogens is 1. The summed E-state index contributed by atoms with van der Waals surface area (Å²) < 4.78 is 0. The molecular weight excluding hydrogens is 314 g/mol. The molecular formula is C19H29N5O. The third-order valence-electron chi connectivity index (χ3n) is 5.91. The number of aromatic nitrogens is 2. The summed E-state index contributed by atoms with van der Waals surface area (Å²) in [7, 11) is 1.81. The first-order valence-corrected chi connectivity index (χ1v) is 9.46. The minimum atomic E-state index is -0.593. The smallest absolute Gasteiger partial charge is 0.237 e. The number of piperidine rings is 1. The molecule has 1 unspecified atom stereocenters. The molecule has 6 nitrogen and oxygen atoms in total. The van der Waals surface area contributed by atoms with E-state index in [9.17, 15) is 10.1 Å². The van der Waals surface area contributed by atoms with E-state index in [-0.39, 0.29) is 5.91 Å². The van der Waals surface area contributed by atoms with Gasteiger partial charge in [0.25, 0.3) is 0 Å². The second kappa shape index (κ2) is 7.57. The van der Waals surface area contributed by atoms with E-state index in [4.69, 9.17) is 0 Å². The molecule has 1 atom stereocenters. The van der Waals surface area contributed by atoms with Crippen molar-refractivity contribution < 1.29 is 4.79 Å². The van der Waals surface area contributed by atoms with Crippen LogP contribution >= 0.6 is 0 Å². The largest absolute Gasteiger partial charge is 0.326 e. The van der Waals surface area contributed by atoms with Crippen LogP contribution in [0.4, 0.5) is 0 Å². The van der Waals surface area contributed by atoms with Gasteiger partial charge in [0, 0.05) is 25.2 Å². The van der Waals surface area contributed by atoms with Crippen LogP contribution in [0.3, 0.4) is 0 Å². The lowest BCUT2D eigenvalue weighted by Crippen LogP contribution is -2.53. The topological polar surface area (TPSA) is 76.0 Å². The van der Waals surface area contributed by atoms with E-state index in [2.05, 4.69) is 27.2 Å². The molecule has 1 aromatic rings. The minimum absolute atomic E-state index is 0.0716. The number of likely N-dealkylation sites (tertiary alicyclic amines) is 1. The van der Waals surface area contributed by atoms with Crippen molar-refractivity contribution in [1.82, 2.24) is 20.0 Å². The van der Waals surface area contributed by atoms with Gasteiger partial charge in [-0.05, 0) is 45.2 Å². The Kier molecular flexibility index (Phi) is 5.43. The summed E-state index contributed by atoms with van der Waals surface area (Å²) in [6.45, 7) is 4.23. The van der Waals surface area contributed by atoms with Crippen molar-refractivity contribution in [2.75, 3.05) is 26.7 Å². The van der Waals surface area contributed by atoms with Gasteiger partial charge >= 0.3 is 0 Å². The SMILES string of the molecule is Cc1cc(C2CCCN(CC(=O)N(C)C3(C#N)CCCCC3)C2)n[nH]1. The molecule has 2 heterocycles. The highest BCUT2D eigenvalue weighted by Gasteiger charge is 2.39. The lowest BCUT2D eigenvalue weighted by molar-refractivity contribution is -0.136. The third kappa shape index (κ3) is 3.87. The predicted octanol–water partition coefficient (Wildman–Crippen LogP) is 2.58. The molecule has 25 heavy (non-hydrogen) atoms. The summed E-state index contributed by atoms with van der Waals surface area (Å²) in [6, 6.07) is 4.55. The number of rotatable bonds is 4. The number of hydrogen-bond acceptors (Lipinski definition) is 4. The Hall–Kier alpha value is -1.87. The fraction of sp³-hybridized carbons (Fsp3) is 0.737. The Morgan fingerprint density at radius 3 is 2.84 bits per heavy atom. The van der Waals surface area contributed by atoms with Crippen molar-refractivity contribution in [3.63, 3.8) is 0 Å². The molecule has 1 aliphatic carbocycles. The number of hydrogen-bond donors (Lipinski definition) is 1. The van der Waals surface area contributed by atoms with Gasteiger partial charge in [-0.15, -0.1) is 0 Å². The van der Waals surface area contributed by atoms with Crippen LogP contribution < -0.4 is 0 Å². The average Bonchev–Trinajstić information content (AvgIpc) is 3.08. The second-order valence-corrected chi connectivity index (χ2v) is 7.71. The van der Waals surface area contributed by atoms with Gasteiger partial charge in [0.05, 0.1) is 18.3 Å². The van der Waals surface area contributed by atoms with Crippen molar-refractivity contribution in [3.05, 3.63) is 17.5 Å². The number of carbonyl (C=O) groups is 1. The lowest BCUT2D eigenvalue weighted by Gasteiger charge is -2.40. The predicted molar refractivity (Wildman–Crippen MR) is 95.9 cm³/mol. The van der Waals surface area contributed by atoms with Gasteiger partial charge in [0.2, 0.25) is 5.91 Å². The maximum Gasteiger partial charge on any atom is 0.237 e. The zero-order chi connectivity index (χ0) is 17.9. The van der Waals surface area contributed by atoms with E-state index >= 15 is 0 Å². The van der Waals surface area contributed by atoms with E-state index in [0.29, 0.717) is 12.5 Å². The monoisotopic (exact) mass is 343 g/mol. The highest BCUT2D eigenvalue weighted by atomic mass is 16.2. The second-order valence-electron chi connectivity index (χ2n) is 7.71. The van der Waals surface area contributed by atoms with Crippen LogP contribution in [0.15, 0.2) is 6.07 Å². The first-order chi connectivity index (χ1) is 12.0. The summed E-state index contributed by atoms with van der Waals surface area (Å²) >= 11 is 0. The van der Waals surface area contributed by atoms with Crippen molar-refractivity contribution in [2.24, 2.45) is 0 Å². The Morgan fingerprint density at radius 1 is 1.44 bits per heavy atom. The van der Waals surface area contributed by atoms with Crippen molar-refractivity contribution in [1.29, 1.82) is 5.26 Å². The number of amides is 1. The maximum atomic E-state index is 12.8. The van der Waals surface area contributed by atoms with Crippen LogP contribution in [0.2, 0.25) is 0 Å². The molecule has 0 bridgehead atoms. The summed E-state index contributed by atoms with van der Waals surface area (Å²) in [5.41, 5.74) is 1.59. The molecule has 0 spiro atoms. The molecule has 1 N–H and O–H groups in total. The molecule has 6 heteroatoms. The van der Waals surface area contributed by atoms with Crippen molar-refractivity contribution in [3.8, 4) is 6.07 Å². The van der Waals surface area contributed by atoms with Gasteiger partial charge in [-0.2, -0.15) is 10.4 Å². The maximum absolute atomic E-state index is 12.8. The summed E-state index contributed by atoms with van der Waals surface area (Å²) in [5.74, 6) is 0.457. The number of aromatic amines is 1. The van der Waals surface area contributed by atoms with E-state index < -0.39 is 5.54 Å². The van der Waals surface area contributed by atoms with Crippen LogP contribution in [0.1, 0.15) is 62.3 Å². The molecule has 1 aromatic heterocycles. The number of likely N-dealkylation sites (N-methyl/N-ethyl adjacent to an activating group) is 1. The van der Waals surface area contributed by atoms with E-state index in [1.807, 2.05) is 14.0 Å². The van der Waals surface area contributed by atoms with Crippen LogP contribution in [0.5, 0.6) is 0 Å². The van der Waals surface area contributed by atoms with Crippen molar-refractivity contribution >= 4 is 5.91 Å². The van der Waals surface area contributed by atoms with Gasteiger partial charge in [-0.25, -0.2) is 0 Å². The fourth-order valence-electron chi connectivity index (χ4n) is 4.28. The molecule has 0 aromatic carbocycles. The summed E-state index contributed by atoms with van der Waals surface area (Å²) in [4.78, 5) is 16.8. The van der Waals surface area contributed by atoms with Crippen LogP contribution in [0, 0.1) is 18.3 Å². The van der Waals surface area contributed by atoms with Crippen LogP contribution in [-0.4, -0.2) is 58.1 Å². The first kappa shape index (κ1) is 17.9. The number of carbonyl (C=O) groups excluding carboxylic acids is 1. The molecule has 1 saturated heterocycles. The lowest BCUT2D eigenvalue weighted by atomic mass is 9.81. The van der Waals surface area contributed by atoms with Gasteiger partial charge in [0.1, 0.15) is 5.54 Å². The fourth-order valence-corrected chi connectivity index (χ4v) is 4.28. The normalized spacial score (nSPS) is 23.8. The Bertz CT molecular complexity index is 640. The molecule has 1 amide bonds. The molecule has 136 valence electrons. The van der Waals surface area contributed by atoms with Crippen LogP contribution in [-0.2, 0) is 4.79 Å². The Labute approximate surface area is 150 Å². The van der Waals surface area contributed by atoms with Gasteiger partial charge in [-0.1, -0.05) is 19.3 Å². The molecule has 1 saturated carbocycles. The summed E-state index contributed by atoms with van der Waals surface area (Å²) in [5, 5.41) is 17.1. The van der Waals surface area contributed by atoms with E-state index in [1.54, 1.807) is 4.90 Å². The molecule has 2 fully saturated rings. The number of nitrogens with zero attached hydrogens (tertiary/aromatic N) is 4. The standard InChI is InChI=1S/C19H29N5O/c1-15-11-17(22-21-15)16-7-6-10-24(12-16)13-18(25)23(2)19(14-20)8-4-3-5-9-19/h11,16H,3-10,12-13H2,1-2H3,(H,21,22). The third-order valence-corrected chi connectivity index (χ3v) is 5.91. The minimum Gasteiger partial charge on any atom is -0.326 e. The quantitative estimate of drug-likeness (QED) is 0.912. The highest BCUT2D eigenvalue weighted by molar-refractivity contribution is 5.79. The highest BCUT2D eigenvalue weighted by Crippen LogP contribution is 2.33. The van der Waals surface area contributed by atoms with Crippen molar-refractivity contribution in [2.45, 2.75) is 63.3 Å². The molecule has 2 aliphatic rings. The molecule has 1 aliphatic heterocycles. The van der Waals surface area contributed by atoms with Crippen LogP contribution in [0.25, 0.3) is 0 Å². The number of aryl methyl sites for hydroxylation is 1. The van der Waals surface area contributed by atoms with E-state index in [1.165, 1.54) is 6.42 Å². The zero-order valence-corrected chi connectivity index (χ0v) is 15.4. The van der Waals surface area contributed by atoms with Gasteiger partial charge in [-0.3, -0.25) is 14.8 Å². The molecule has 3 rings (SSSR count). The van der Waals surface area contributed by atoms with E-state index in [0.717, 1.165) is 63.0 Å².